The zero-order valence-electron chi connectivity index (χ0n) is 16.2. The van der Waals surface area contributed by atoms with E-state index in [1.54, 1.807) is 24.3 Å². The number of urea groups is 1. The van der Waals surface area contributed by atoms with E-state index < -0.39 is 0 Å². The van der Waals surface area contributed by atoms with E-state index in [1.807, 2.05) is 16.7 Å². The molecular weight excluding hydrogens is 358 g/mol. The first kappa shape index (κ1) is 20.1. The minimum Gasteiger partial charge on any atom is -0.337 e. The number of hydrogen-bond acceptors (Lipinski definition) is 3. The van der Waals surface area contributed by atoms with Gasteiger partial charge in [0.1, 0.15) is 0 Å². The number of hydrogen-bond donors (Lipinski definition) is 2. The van der Waals surface area contributed by atoms with Gasteiger partial charge in [-0.25, -0.2) is 4.79 Å². The Morgan fingerprint density at radius 1 is 1.07 bits per heavy atom. The summed E-state index contributed by atoms with van der Waals surface area (Å²) in [6.07, 6.45) is 8.68. The van der Waals surface area contributed by atoms with E-state index in [0.717, 1.165) is 30.4 Å². The molecule has 27 heavy (non-hydrogen) atoms. The van der Waals surface area contributed by atoms with Crippen LogP contribution in [0.25, 0.3) is 0 Å². The van der Waals surface area contributed by atoms with E-state index in [1.165, 1.54) is 32.1 Å². The van der Waals surface area contributed by atoms with Gasteiger partial charge in [-0.1, -0.05) is 12.8 Å². The molecule has 1 aromatic carbocycles. The lowest BCUT2D eigenvalue weighted by atomic mass is 10.0. The lowest BCUT2D eigenvalue weighted by molar-refractivity contribution is 0.0635. The molecule has 2 fully saturated rings. The van der Waals surface area contributed by atoms with E-state index in [0.29, 0.717) is 23.8 Å². The first-order chi connectivity index (χ1) is 13.1. The van der Waals surface area contributed by atoms with Crippen LogP contribution in [0.4, 0.5) is 10.5 Å². The van der Waals surface area contributed by atoms with Crippen LogP contribution in [0.2, 0.25) is 0 Å². The number of piperidine rings is 1. The third-order valence-corrected chi connectivity index (χ3v) is 6.88. The van der Waals surface area contributed by atoms with Gasteiger partial charge in [0.15, 0.2) is 0 Å². The van der Waals surface area contributed by atoms with Gasteiger partial charge in [-0.3, -0.25) is 4.79 Å². The molecule has 6 heteroatoms. The number of likely N-dealkylation sites (tertiary alicyclic amines) is 1. The molecule has 1 saturated carbocycles. The fourth-order valence-electron chi connectivity index (χ4n) is 3.88. The molecule has 0 aromatic heterocycles. The summed E-state index contributed by atoms with van der Waals surface area (Å²) in [5, 5.41) is 6.52. The molecule has 3 amide bonds. The standard InChI is InChI=1S/C21H31N3O2S/c1-16-6-4-5-14-24(16)20(25)17-9-11-18(12-10-17)23-21(26)22-13-15-27-19-7-2-3-8-19/h9-12,16,19H,2-8,13-15H2,1H3,(H2,22,23,26)/t16-/m0/s1. The van der Waals surface area contributed by atoms with Crippen LogP contribution in [0.15, 0.2) is 24.3 Å². The molecule has 2 aliphatic rings. The van der Waals surface area contributed by atoms with E-state index >= 15 is 0 Å². The number of nitrogens with one attached hydrogen (secondary N) is 2. The average Bonchev–Trinajstić information content (AvgIpc) is 3.19. The van der Waals surface area contributed by atoms with E-state index in [4.69, 9.17) is 0 Å². The molecule has 1 aliphatic heterocycles. The third-order valence-electron chi connectivity index (χ3n) is 5.50. The second kappa shape index (κ2) is 10.0. The maximum absolute atomic E-state index is 12.7. The fraction of sp³-hybridized carbons (Fsp3) is 0.619. The Morgan fingerprint density at radius 3 is 2.48 bits per heavy atom. The summed E-state index contributed by atoms with van der Waals surface area (Å²) >= 11 is 1.97. The molecule has 1 aliphatic carbocycles. The molecule has 0 radical (unpaired) electrons. The summed E-state index contributed by atoms with van der Waals surface area (Å²) < 4.78 is 0. The van der Waals surface area contributed by atoms with Gasteiger partial charge in [0.25, 0.3) is 5.91 Å². The van der Waals surface area contributed by atoms with Crippen LogP contribution >= 0.6 is 11.8 Å². The molecule has 148 valence electrons. The zero-order chi connectivity index (χ0) is 19.1. The van der Waals surface area contributed by atoms with Crippen molar-refractivity contribution in [2.24, 2.45) is 0 Å². The van der Waals surface area contributed by atoms with Gasteiger partial charge < -0.3 is 15.5 Å². The van der Waals surface area contributed by atoms with E-state index in [-0.39, 0.29) is 11.9 Å². The quantitative estimate of drug-likeness (QED) is 0.704. The maximum atomic E-state index is 12.7. The molecule has 0 bridgehead atoms. The molecule has 5 nitrogen and oxygen atoms in total. The maximum Gasteiger partial charge on any atom is 0.319 e. The van der Waals surface area contributed by atoms with Gasteiger partial charge in [0.2, 0.25) is 0 Å². The molecule has 2 N–H and O–H groups in total. The SMILES string of the molecule is C[C@H]1CCCCN1C(=O)c1ccc(NC(=O)NCCSC2CCCC2)cc1. The largest absolute Gasteiger partial charge is 0.337 e. The minimum atomic E-state index is -0.189. The van der Waals surface area contributed by atoms with Crippen LogP contribution in [0.1, 0.15) is 62.2 Å². The monoisotopic (exact) mass is 389 g/mol. The predicted octanol–water partition coefficient (Wildman–Crippen LogP) is 4.50. The molecule has 1 saturated heterocycles. The highest BCUT2D eigenvalue weighted by molar-refractivity contribution is 7.99. The predicted molar refractivity (Wildman–Crippen MR) is 113 cm³/mol. The highest BCUT2D eigenvalue weighted by Gasteiger charge is 2.24. The van der Waals surface area contributed by atoms with Crippen molar-refractivity contribution < 1.29 is 9.59 Å². The van der Waals surface area contributed by atoms with Crippen LogP contribution in [-0.4, -0.2) is 47.0 Å². The van der Waals surface area contributed by atoms with Gasteiger partial charge in [0.05, 0.1) is 0 Å². The molecule has 0 unspecified atom stereocenters. The first-order valence-electron chi connectivity index (χ1n) is 10.2. The van der Waals surface area contributed by atoms with Crippen LogP contribution in [-0.2, 0) is 0 Å². The van der Waals surface area contributed by atoms with Crippen molar-refractivity contribution in [3.05, 3.63) is 29.8 Å². The molecule has 1 aromatic rings. The summed E-state index contributed by atoms with van der Waals surface area (Å²) in [5.41, 5.74) is 1.39. The van der Waals surface area contributed by atoms with Crippen molar-refractivity contribution in [2.45, 2.75) is 63.2 Å². The second-order valence-corrected chi connectivity index (χ2v) is 8.99. The number of carbonyl (C=O) groups excluding carboxylic acids is 2. The van der Waals surface area contributed by atoms with Crippen molar-refractivity contribution in [3.8, 4) is 0 Å². The summed E-state index contributed by atoms with van der Waals surface area (Å²) in [6, 6.07) is 7.32. The molecule has 1 atom stereocenters. The number of benzene rings is 1. The summed E-state index contributed by atoms with van der Waals surface area (Å²) in [6.45, 7) is 3.63. The van der Waals surface area contributed by atoms with Gasteiger partial charge in [-0.05, 0) is 63.3 Å². The Labute approximate surface area is 166 Å². The normalized spacial score (nSPS) is 20.5. The van der Waals surface area contributed by atoms with Crippen LogP contribution in [0.5, 0.6) is 0 Å². The van der Waals surface area contributed by atoms with E-state index in [9.17, 15) is 9.59 Å². The van der Waals surface area contributed by atoms with E-state index in [2.05, 4.69) is 17.6 Å². The summed E-state index contributed by atoms with van der Waals surface area (Å²) in [4.78, 5) is 26.6. The Morgan fingerprint density at radius 2 is 1.78 bits per heavy atom. The number of amides is 3. The van der Waals surface area contributed by atoms with Crippen molar-refractivity contribution in [1.29, 1.82) is 0 Å². The Kier molecular flexibility index (Phi) is 7.44. The molecule has 0 spiro atoms. The fourth-order valence-corrected chi connectivity index (χ4v) is 5.10. The molecule has 1 heterocycles. The number of thioether (sulfide) groups is 1. The van der Waals surface area contributed by atoms with Gasteiger partial charge in [-0.2, -0.15) is 11.8 Å². The highest BCUT2D eigenvalue weighted by atomic mass is 32.2. The van der Waals surface area contributed by atoms with Crippen LogP contribution in [0, 0.1) is 0 Å². The number of carbonyl (C=O) groups is 2. The van der Waals surface area contributed by atoms with Gasteiger partial charge in [-0.15, -0.1) is 0 Å². The second-order valence-electron chi connectivity index (χ2n) is 7.58. The molecular formula is C21H31N3O2S. The number of rotatable bonds is 6. The summed E-state index contributed by atoms with van der Waals surface area (Å²) in [5.74, 6) is 1.04. The third kappa shape index (κ3) is 5.89. The van der Waals surface area contributed by atoms with Gasteiger partial charge >= 0.3 is 6.03 Å². The highest BCUT2D eigenvalue weighted by Crippen LogP contribution is 2.28. The summed E-state index contributed by atoms with van der Waals surface area (Å²) in [7, 11) is 0. The minimum absolute atomic E-state index is 0.0853. The number of anilines is 1. The Balaban J connectivity index is 1.41. The van der Waals surface area contributed by atoms with Crippen LogP contribution < -0.4 is 10.6 Å². The van der Waals surface area contributed by atoms with Gasteiger partial charge in [0, 0.05) is 41.4 Å². The topological polar surface area (TPSA) is 61.4 Å². The van der Waals surface area contributed by atoms with Crippen LogP contribution in [0.3, 0.4) is 0 Å². The smallest absolute Gasteiger partial charge is 0.319 e. The molecule has 3 rings (SSSR count). The average molecular weight is 390 g/mol. The Bertz CT molecular complexity index is 629. The number of nitrogens with zero attached hydrogens (tertiary/aromatic N) is 1. The van der Waals surface area contributed by atoms with Crippen molar-refractivity contribution in [3.63, 3.8) is 0 Å². The lowest BCUT2D eigenvalue weighted by Gasteiger charge is -2.33. The Hall–Kier alpha value is -1.69. The van der Waals surface area contributed by atoms with Crippen molar-refractivity contribution in [1.82, 2.24) is 10.2 Å². The van der Waals surface area contributed by atoms with Crippen molar-refractivity contribution in [2.75, 3.05) is 24.2 Å². The van der Waals surface area contributed by atoms with Crippen molar-refractivity contribution >= 4 is 29.4 Å². The first-order valence-corrected chi connectivity index (χ1v) is 11.3. The lowest BCUT2D eigenvalue weighted by Crippen LogP contribution is -2.42. The zero-order valence-corrected chi connectivity index (χ0v) is 17.0.